The summed E-state index contributed by atoms with van der Waals surface area (Å²) in [4.78, 5) is 0. The molecule has 1 heteroatoms. The highest BCUT2D eigenvalue weighted by molar-refractivity contribution is 5.22. The molecule has 0 aliphatic heterocycles. The Kier molecular flexibility index (Phi) is 6.76. The molecule has 21 heavy (non-hydrogen) atoms. The predicted octanol–water partition coefficient (Wildman–Crippen LogP) is 5.19. The molecule has 0 saturated heterocycles. The third-order valence-corrected chi connectivity index (χ3v) is 4.86. The Bertz CT molecular complexity index is 385. The summed E-state index contributed by atoms with van der Waals surface area (Å²) in [6.45, 7) is 9.15. The van der Waals surface area contributed by atoms with E-state index in [2.05, 4.69) is 50.4 Å². The average Bonchev–Trinajstić information content (AvgIpc) is 2.46. The van der Waals surface area contributed by atoms with E-state index in [-0.39, 0.29) is 0 Å². The molecule has 1 aromatic carbocycles. The summed E-state index contributed by atoms with van der Waals surface area (Å²) in [5, 5.41) is 3.62. The van der Waals surface area contributed by atoms with Gasteiger partial charge >= 0.3 is 0 Å². The first-order valence-electron chi connectivity index (χ1n) is 8.92. The van der Waals surface area contributed by atoms with Crippen LogP contribution in [-0.2, 0) is 13.0 Å². The number of nitrogens with one attached hydrogen (secondary N) is 1. The van der Waals surface area contributed by atoms with Crippen molar-refractivity contribution in [3.8, 4) is 0 Å². The van der Waals surface area contributed by atoms with Crippen LogP contribution >= 0.6 is 0 Å². The first-order valence-corrected chi connectivity index (χ1v) is 8.92. The minimum absolute atomic E-state index is 0.743. The van der Waals surface area contributed by atoms with Crippen LogP contribution in [-0.4, -0.2) is 6.54 Å². The van der Waals surface area contributed by atoms with Crippen LogP contribution in [0.2, 0.25) is 0 Å². The number of hydrogen-bond acceptors (Lipinski definition) is 1. The van der Waals surface area contributed by atoms with E-state index in [0.717, 1.165) is 24.3 Å². The summed E-state index contributed by atoms with van der Waals surface area (Å²) in [5.74, 6) is 2.69. The summed E-state index contributed by atoms with van der Waals surface area (Å²) < 4.78 is 0. The molecule has 0 atom stereocenters. The average molecular weight is 287 g/mol. The van der Waals surface area contributed by atoms with Crippen molar-refractivity contribution < 1.29 is 0 Å². The Morgan fingerprint density at radius 1 is 1.00 bits per heavy atom. The van der Waals surface area contributed by atoms with E-state index in [0.29, 0.717) is 0 Å². The maximum Gasteiger partial charge on any atom is 0.0205 e. The van der Waals surface area contributed by atoms with Gasteiger partial charge in [0.15, 0.2) is 0 Å². The fourth-order valence-electron chi connectivity index (χ4n) is 3.42. The number of rotatable bonds is 7. The van der Waals surface area contributed by atoms with Gasteiger partial charge in [0, 0.05) is 6.54 Å². The lowest BCUT2D eigenvalue weighted by atomic mass is 9.81. The second kappa shape index (κ2) is 8.58. The van der Waals surface area contributed by atoms with Crippen LogP contribution in [0.5, 0.6) is 0 Å². The lowest BCUT2D eigenvalue weighted by Crippen LogP contribution is -2.20. The van der Waals surface area contributed by atoms with E-state index in [9.17, 15) is 0 Å². The first-order chi connectivity index (χ1) is 10.1. The molecular formula is C20H33N. The van der Waals surface area contributed by atoms with Gasteiger partial charge < -0.3 is 5.32 Å². The van der Waals surface area contributed by atoms with E-state index < -0.39 is 0 Å². The maximum absolute atomic E-state index is 3.62. The first kappa shape index (κ1) is 16.5. The quantitative estimate of drug-likeness (QED) is 0.680. The molecule has 0 spiro atoms. The highest BCUT2D eigenvalue weighted by Gasteiger charge is 2.17. The van der Waals surface area contributed by atoms with Gasteiger partial charge in [-0.2, -0.15) is 0 Å². The summed E-state index contributed by atoms with van der Waals surface area (Å²) in [6, 6.07) is 9.15. The van der Waals surface area contributed by atoms with Crippen LogP contribution in [0.1, 0.15) is 64.0 Å². The van der Waals surface area contributed by atoms with Crippen molar-refractivity contribution in [3.63, 3.8) is 0 Å². The van der Waals surface area contributed by atoms with Crippen molar-refractivity contribution in [2.24, 2.45) is 17.8 Å². The largest absolute Gasteiger partial charge is 0.313 e. The standard InChI is InChI=1S/C20H33N/c1-16(2)14-19-8-10-20(11-9-19)15-21-13-12-18-6-4-17(3)5-7-18/h8-11,16-18,21H,4-7,12-15H2,1-3H3. The van der Waals surface area contributed by atoms with Crippen molar-refractivity contribution in [1.29, 1.82) is 0 Å². The molecule has 0 unspecified atom stereocenters. The lowest BCUT2D eigenvalue weighted by molar-refractivity contribution is 0.275. The molecule has 118 valence electrons. The third-order valence-electron chi connectivity index (χ3n) is 4.86. The molecule has 1 aliphatic rings. The van der Waals surface area contributed by atoms with Crippen molar-refractivity contribution in [3.05, 3.63) is 35.4 Å². The molecule has 0 aromatic heterocycles. The van der Waals surface area contributed by atoms with E-state index in [1.807, 2.05) is 0 Å². The van der Waals surface area contributed by atoms with Gasteiger partial charge in [-0.05, 0) is 48.3 Å². The van der Waals surface area contributed by atoms with Gasteiger partial charge in [0.1, 0.15) is 0 Å². The van der Waals surface area contributed by atoms with Gasteiger partial charge in [-0.3, -0.25) is 0 Å². The smallest absolute Gasteiger partial charge is 0.0205 e. The Morgan fingerprint density at radius 3 is 2.24 bits per heavy atom. The van der Waals surface area contributed by atoms with Gasteiger partial charge in [-0.25, -0.2) is 0 Å². The predicted molar refractivity (Wildman–Crippen MR) is 92.4 cm³/mol. The molecule has 1 N–H and O–H groups in total. The maximum atomic E-state index is 3.62. The fourth-order valence-corrected chi connectivity index (χ4v) is 3.42. The summed E-state index contributed by atoms with van der Waals surface area (Å²) in [5.41, 5.74) is 2.88. The Balaban J connectivity index is 1.62. The van der Waals surface area contributed by atoms with Crippen LogP contribution in [0.3, 0.4) is 0 Å². The van der Waals surface area contributed by atoms with Crippen LogP contribution in [0.25, 0.3) is 0 Å². The van der Waals surface area contributed by atoms with Gasteiger partial charge in [0.2, 0.25) is 0 Å². The lowest BCUT2D eigenvalue weighted by Gasteiger charge is -2.26. The summed E-state index contributed by atoms with van der Waals surface area (Å²) >= 11 is 0. The Morgan fingerprint density at radius 2 is 1.62 bits per heavy atom. The molecule has 0 amide bonds. The molecule has 1 nitrogen and oxygen atoms in total. The molecule has 0 heterocycles. The molecule has 1 saturated carbocycles. The van der Waals surface area contributed by atoms with Crippen LogP contribution in [0, 0.1) is 17.8 Å². The summed E-state index contributed by atoms with van der Waals surface area (Å²) in [6.07, 6.45) is 8.34. The molecule has 1 fully saturated rings. The van der Waals surface area contributed by atoms with E-state index in [4.69, 9.17) is 0 Å². The molecule has 2 rings (SSSR count). The normalized spacial score (nSPS) is 22.7. The Labute approximate surface area is 131 Å². The highest BCUT2D eigenvalue weighted by Crippen LogP contribution is 2.29. The minimum atomic E-state index is 0.743. The monoisotopic (exact) mass is 287 g/mol. The second-order valence-corrected chi connectivity index (χ2v) is 7.51. The summed E-state index contributed by atoms with van der Waals surface area (Å²) in [7, 11) is 0. The van der Waals surface area contributed by atoms with E-state index in [1.165, 1.54) is 56.2 Å². The Hall–Kier alpha value is -0.820. The SMILES string of the molecule is CC(C)Cc1ccc(CNCCC2CCC(C)CC2)cc1. The van der Waals surface area contributed by atoms with Gasteiger partial charge in [-0.15, -0.1) is 0 Å². The highest BCUT2D eigenvalue weighted by atomic mass is 14.8. The van der Waals surface area contributed by atoms with Gasteiger partial charge in [-0.1, -0.05) is 70.7 Å². The number of benzene rings is 1. The van der Waals surface area contributed by atoms with Crippen molar-refractivity contribution >= 4 is 0 Å². The topological polar surface area (TPSA) is 12.0 Å². The van der Waals surface area contributed by atoms with Crippen LogP contribution < -0.4 is 5.32 Å². The second-order valence-electron chi connectivity index (χ2n) is 7.51. The molecule has 1 aromatic rings. The van der Waals surface area contributed by atoms with Crippen molar-refractivity contribution in [2.45, 2.75) is 65.8 Å². The number of hydrogen-bond donors (Lipinski definition) is 1. The fraction of sp³-hybridized carbons (Fsp3) is 0.700. The van der Waals surface area contributed by atoms with Crippen LogP contribution in [0.4, 0.5) is 0 Å². The van der Waals surface area contributed by atoms with E-state index >= 15 is 0 Å². The minimum Gasteiger partial charge on any atom is -0.313 e. The zero-order valence-electron chi connectivity index (χ0n) is 14.2. The van der Waals surface area contributed by atoms with Crippen molar-refractivity contribution in [1.82, 2.24) is 5.32 Å². The zero-order valence-corrected chi connectivity index (χ0v) is 14.2. The van der Waals surface area contributed by atoms with Gasteiger partial charge in [0.05, 0.1) is 0 Å². The molecule has 1 aliphatic carbocycles. The van der Waals surface area contributed by atoms with Crippen LogP contribution in [0.15, 0.2) is 24.3 Å². The zero-order chi connectivity index (χ0) is 15.1. The third kappa shape index (κ3) is 6.22. The van der Waals surface area contributed by atoms with E-state index in [1.54, 1.807) is 0 Å². The van der Waals surface area contributed by atoms with Gasteiger partial charge in [0.25, 0.3) is 0 Å². The molecule has 0 radical (unpaired) electrons. The van der Waals surface area contributed by atoms with Crippen molar-refractivity contribution in [2.75, 3.05) is 6.54 Å². The molecular weight excluding hydrogens is 254 g/mol. The molecule has 0 bridgehead atoms.